The Morgan fingerprint density at radius 2 is 1.23 bits per heavy atom. The standard InChI is InChI=1S/C36H43N3O4/c1-26(2)32(35(42)43-4)37(3)33(40)27-20-23-38(24-21-27)34(41)31-22-25-39(31)36(28-14-8-5-9-15-28,29-16-10-6-11-17-29)30-18-12-7-13-19-30/h5-19,26-27,31-32H,20-25H2,1-4H3/t31-,32+/m1/s1. The number of carbonyl (C=O) groups is 3. The lowest BCUT2D eigenvalue weighted by Gasteiger charge is -2.55. The van der Waals surface area contributed by atoms with Crippen LogP contribution in [0.15, 0.2) is 91.0 Å². The Bertz CT molecular complexity index is 1290. The van der Waals surface area contributed by atoms with Gasteiger partial charge in [0, 0.05) is 32.6 Å². The number of nitrogens with zero attached hydrogens (tertiary/aromatic N) is 3. The summed E-state index contributed by atoms with van der Waals surface area (Å²) in [7, 11) is 3.04. The maximum absolute atomic E-state index is 14.2. The molecule has 2 heterocycles. The molecule has 3 aromatic rings. The summed E-state index contributed by atoms with van der Waals surface area (Å²) in [6, 6.07) is 30.5. The number of rotatable bonds is 9. The van der Waals surface area contributed by atoms with E-state index in [1.165, 1.54) is 7.11 Å². The fourth-order valence-electron chi connectivity index (χ4n) is 7.06. The van der Waals surface area contributed by atoms with E-state index in [4.69, 9.17) is 4.74 Å². The molecule has 2 atom stereocenters. The topological polar surface area (TPSA) is 70.2 Å². The van der Waals surface area contributed by atoms with Crippen molar-refractivity contribution in [2.45, 2.75) is 50.7 Å². The first-order valence-electron chi connectivity index (χ1n) is 15.4. The highest BCUT2D eigenvalue weighted by Gasteiger charge is 2.52. The monoisotopic (exact) mass is 581 g/mol. The largest absolute Gasteiger partial charge is 0.467 e. The van der Waals surface area contributed by atoms with Gasteiger partial charge in [0.25, 0.3) is 0 Å². The minimum absolute atomic E-state index is 0.0577. The molecule has 2 aliphatic rings. The van der Waals surface area contributed by atoms with E-state index in [-0.39, 0.29) is 29.7 Å². The van der Waals surface area contributed by atoms with Crippen LogP contribution in [-0.4, -0.2) is 78.4 Å². The van der Waals surface area contributed by atoms with Gasteiger partial charge in [0.2, 0.25) is 11.8 Å². The average Bonchev–Trinajstić information content (AvgIpc) is 3.03. The van der Waals surface area contributed by atoms with Crippen molar-refractivity contribution in [3.63, 3.8) is 0 Å². The number of methoxy groups -OCH3 is 1. The van der Waals surface area contributed by atoms with Crippen molar-refractivity contribution in [1.29, 1.82) is 0 Å². The third kappa shape index (κ3) is 5.70. The molecule has 2 saturated heterocycles. The van der Waals surface area contributed by atoms with Crippen LogP contribution in [0.2, 0.25) is 0 Å². The number of ether oxygens (including phenoxy) is 1. The molecule has 0 bridgehead atoms. The molecule has 0 aromatic heterocycles. The SMILES string of the molecule is COC(=O)[C@H](C(C)C)N(C)C(=O)C1CCN(C(=O)[C@H]2CCN2C(c2ccccc2)(c2ccccc2)c2ccccc2)CC1. The Labute approximate surface area is 255 Å². The van der Waals surface area contributed by atoms with Gasteiger partial charge in [-0.15, -0.1) is 0 Å². The van der Waals surface area contributed by atoms with Gasteiger partial charge in [-0.25, -0.2) is 4.79 Å². The summed E-state index contributed by atoms with van der Waals surface area (Å²) in [4.78, 5) is 45.8. The number of piperidine rings is 1. The Morgan fingerprint density at radius 3 is 1.60 bits per heavy atom. The van der Waals surface area contributed by atoms with Crippen molar-refractivity contribution in [3.8, 4) is 0 Å². The molecule has 0 unspecified atom stereocenters. The summed E-state index contributed by atoms with van der Waals surface area (Å²) < 4.78 is 4.97. The van der Waals surface area contributed by atoms with Crippen LogP contribution >= 0.6 is 0 Å². The normalized spacial score (nSPS) is 18.5. The molecule has 5 rings (SSSR count). The van der Waals surface area contributed by atoms with E-state index in [0.717, 1.165) is 29.7 Å². The van der Waals surface area contributed by atoms with Gasteiger partial charge in [0.1, 0.15) is 6.04 Å². The van der Waals surface area contributed by atoms with E-state index in [9.17, 15) is 14.4 Å². The fraction of sp³-hybridized carbons (Fsp3) is 0.417. The van der Waals surface area contributed by atoms with E-state index in [1.54, 1.807) is 11.9 Å². The molecular weight excluding hydrogens is 538 g/mol. The third-order valence-electron chi connectivity index (χ3n) is 9.31. The highest BCUT2D eigenvalue weighted by Crippen LogP contribution is 2.47. The summed E-state index contributed by atoms with van der Waals surface area (Å²) >= 11 is 0. The molecular formula is C36H43N3O4. The average molecular weight is 582 g/mol. The van der Waals surface area contributed by atoms with Crippen LogP contribution in [0.5, 0.6) is 0 Å². The maximum atomic E-state index is 14.2. The Balaban J connectivity index is 1.38. The zero-order valence-corrected chi connectivity index (χ0v) is 25.7. The summed E-state index contributed by atoms with van der Waals surface area (Å²) in [6.45, 7) is 5.66. The number of amides is 2. The van der Waals surface area contributed by atoms with Gasteiger partial charge in [-0.1, -0.05) is 105 Å². The lowest BCUT2D eigenvalue weighted by Crippen LogP contribution is -2.65. The smallest absolute Gasteiger partial charge is 0.328 e. The quantitative estimate of drug-likeness (QED) is 0.264. The van der Waals surface area contributed by atoms with Crippen LogP contribution in [0.3, 0.4) is 0 Å². The van der Waals surface area contributed by atoms with E-state index in [1.807, 2.05) is 36.9 Å². The first-order chi connectivity index (χ1) is 20.8. The first kappa shape index (κ1) is 30.5. The Morgan fingerprint density at radius 1 is 0.767 bits per heavy atom. The van der Waals surface area contributed by atoms with E-state index in [0.29, 0.717) is 25.9 Å². The number of hydrogen-bond donors (Lipinski definition) is 0. The van der Waals surface area contributed by atoms with E-state index in [2.05, 4.69) is 77.7 Å². The van der Waals surface area contributed by atoms with Crippen LogP contribution in [0.1, 0.15) is 49.8 Å². The number of hydrogen-bond acceptors (Lipinski definition) is 5. The van der Waals surface area contributed by atoms with Gasteiger partial charge < -0.3 is 14.5 Å². The second-order valence-corrected chi connectivity index (χ2v) is 12.1. The minimum Gasteiger partial charge on any atom is -0.467 e. The molecule has 2 aliphatic heterocycles. The first-order valence-corrected chi connectivity index (χ1v) is 15.4. The summed E-state index contributed by atoms with van der Waals surface area (Å²) in [5.41, 5.74) is 2.76. The predicted molar refractivity (Wildman–Crippen MR) is 167 cm³/mol. The van der Waals surface area contributed by atoms with Crippen LogP contribution in [0.4, 0.5) is 0 Å². The van der Waals surface area contributed by atoms with Gasteiger partial charge in [-0.05, 0) is 41.9 Å². The molecule has 7 heteroatoms. The summed E-state index contributed by atoms with van der Waals surface area (Å²) in [5.74, 6) is -0.631. The van der Waals surface area contributed by atoms with Crippen molar-refractivity contribution in [1.82, 2.24) is 14.7 Å². The molecule has 0 saturated carbocycles. The molecule has 226 valence electrons. The fourth-order valence-corrected chi connectivity index (χ4v) is 7.06. The van der Waals surface area contributed by atoms with Crippen molar-refractivity contribution in [3.05, 3.63) is 108 Å². The van der Waals surface area contributed by atoms with Crippen molar-refractivity contribution in [2.75, 3.05) is 33.8 Å². The second kappa shape index (κ2) is 13.1. The molecule has 0 spiro atoms. The molecule has 7 nitrogen and oxygen atoms in total. The van der Waals surface area contributed by atoms with Gasteiger partial charge in [-0.2, -0.15) is 0 Å². The molecule has 2 amide bonds. The van der Waals surface area contributed by atoms with Gasteiger partial charge >= 0.3 is 5.97 Å². The number of likely N-dealkylation sites (N-methyl/N-ethyl adjacent to an activating group) is 1. The summed E-state index contributed by atoms with van der Waals surface area (Å²) in [5, 5.41) is 0. The lowest BCUT2D eigenvalue weighted by atomic mass is 9.72. The van der Waals surface area contributed by atoms with Crippen LogP contribution in [-0.2, 0) is 24.7 Å². The number of esters is 1. The molecule has 0 aliphatic carbocycles. The van der Waals surface area contributed by atoms with Crippen molar-refractivity contribution in [2.24, 2.45) is 11.8 Å². The van der Waals surface area contributed by atoms with Crippen LogP contribution in [0, 0.1) is 11.8 Å². The van der Waals surface area contributed by atoms with Crippen molar-refractivity contribution < 1.29 is 19.1 Å². The third-order valence-corrected chi connectivity index (χ3v) is 9.31. The van der Waals surface area contributed by atoms with E-state index < -0.39 is 17.6 Å². The van der Waals surface area contributed by atoms with E-state index >= 15 is 0 Å². The van der Waals surface area contributed by atoms with Crippen LogP contribution < -0.4 is 0 Å². The number of likely N-dealkylation sites (tertiary alicyclic amines) is 2. The van der Waals surface area contributed by atoms with Crippen LogP contribution in [0.25, 0.3) is 0 Å². The highest BCUT2D eigenvalue weighted by molar-refractivity contribution is 5.87. The van der Waals surface area contributed by atoms with Gasteiger partial charge in [0.15, 0.2) is 0 Å². The molecule has 2 fully saturated rings. The lowest BCUT2D eigenvalue weighted by molar-refractivity contribution is -0.156. The molecule has 0 N–H and O–H groups in total. The Kier molecular flexibility index (Phi) is 9.31. The summed E-state index contributed by atoms with van der Waals surface area (Å²) in [6.07, 6.45) is 1.94. The molecule has 3 aromatic carbocycles. The predicted octanol–water partition coefficient (Wildman–Crippen LogP) is 4.95. The molecule has 0 radical (unpaired) electrons. The van der Waals surface area contributed by atoms with Gasteiger partial charge in [-0.3, -0.25) is 14.5 Å². The number of benzene rings is 3. The minimum atomic E-state index is -0.626. The maximum Gasteiger partial charge on any atom is 0.328 e. The zero-order valence-electron chi connectivity index (χ0n) is 25.7. The Hall–Kier alpha value is -3.97. The van der Waals surface area contributed by atoms with Crippen molar-refractivity contribution >= 4 is 17.8 Å². The molecule has 43 heavy (non-hydrogen) atoms. The second-order valence-electron chi connectivity index (χ2n) is 12.1. The highest BCUT2D eigenvalue weighted by atomic mass is 16.5. The van der Waals surface area contributed by atoms with Gasteiger partial charge in [0.05, 0.1) is 18.7 Å². The zero-order chi connectivity index (χ0) is 30.6. The number of carbonyl (C=O) groups excluding carboxylic acids is 3.